The van der Waals surface area contributed by atoms with E-state index in [0.717, 1.165) is 43.6 Å². The number of aromatic nitrogens is 1. The minimum atomic E-state index is -0.494. The van der Waals surface area contributed by atoms with Crippen LogP contribution in [0.5, 0.6) is 5.75 Å². The fraction of sp³-hybridized carbons (Fsp3) is 0.556. The number of fused-ring (bicyclic) bond motifs is 9. The number of nitrogens with two attached hydrogens (primary N) is 1. The molecule has 0 spiro atoms. The van der Waals surface area contributed by atoms with Gasteiger partial charge >= 0.3 is 0 Å². The van der Waals surface area contributed by atoms with Crippen molar-refractivity contribution in [3.63, 3.8) is 0 Å². The first-order chi connectivity index (χ1) is 20.8. The van der Waals surface area contributed by atoms with Gasteiger partial charge in [0, 0.05) is 65.7 Å². The van der Waals surface area contributed by atoms with Gasteiger partial charge in [-0.05, 0) is 93.3 Å². The summed E-state index contributed by atoms with van der Waals surface area (Å²) >= 11 is 0. The molecule has 226 valence electrons. The van der Waals surface area contributed by atoms with Gasteiger partial charge < -0.3 is 19.9 Å². The van der Waals surface area contributed by atoms with Gasteiger partial charge in [0.1, 0.15) is 5.75 Å². The summed E-state index contributed by atoms with van der Waals surface area (Å²) in [5.41, 5.74) is 12.0. The molecule has 43 heavy (non-hydrogen) atoms. The average Bonchev–Trinajstić information content (AvgIpc) is 3.61. The summed E-state index contributed by atoms with van der Waals surface area (Å²) in [4.78, 5) is 32.3. The monoisotopic (exact) mass is 580 g/mol. The summed E-state index contributed by atoms with van der Waals surface area (Å²) in [5, 5.41) is 1.21. The van der Waals surface area contributed by atoms with Crippen LogP contribution in [0.15, 0.2) is 36.4 Å². The first-order valence-electron chi connectivity index (χ1n) is 16.5. The van der Waals surface area contributed by atoms with Crippen molar-refractivity contribution in [2.75, 3.05) is 20.2 Å². The summed E-state index contributed by atoms with van der Waals surface area (Å²) in [6, 6.07) is 13.6. The minimum absolute atomic E-state index is 0.154. The number of ether oxygens (including phenoxy) is 1. The van der Waals surface area contributed by atoms with Gasteiger partial charge in [0.2, 0.25) is 11.8 Å². The van der Waals surface area contributed by atoms with E-state index in [1.165, 1.54) is 59.9 Å². The highest BCUT2D eigenvalue weighted by Gasteiger charge is 2.65. The highest BCUT2D eigenvalue weighted by molar-refractivity contribution is 6.01. The van der Waals surface area contributed by atoms with Crippen molar-refractivity contribution in [1.29, 1.82) is 0 Å². The molecule has 0 radical (unpaired) electrons. The Morgan fingerprint density at radius 1 is 0.977 bits per heavy atom. The van der Waals surface area contributed by atoms with Crippen LogP contribution < -0.4 is 10.5 Å². The molecule has 4 fully saturated rings. The molecule has 7 heteroatoms. The summed E-state index contributed by atoms with van der Waals surface area (Å²) < 4.78 is 8.18. The standard InChI is InChI=1S/C36H44N4O3/c1-21(2)38-18-24-10-11-25(19-38)40(24)35(42)36-17-30(36)29-16-26(43-3)12-14-27(29)33-32(22-7-5-4-6-8-22)28-13-9-23(34(37)41)15-31(28)39(33)20-36/h9,12-16,21-22,24-25,30H,4-8,10-11,17-20H2,1-3H3,(H2,37,41). The van der Waals surface area contributed by atoms with Gasteiger partial charge in [-0.1, -0.05) is 25.3 Å². The summed E-state index contributed by atoms with van der Waals surface area (Å²) in [6.07, 6.45) is 9.15. The number of likely N-dealkylation sites (tertiary alicyclic amines) is 1. The van der Waals surface area contributed by atoms with E-state index in [9.17, 15) is 9.59 Å². The van der Waals surface area contributed by atoms with Crippen LogP contribution in [0.25, 0.3) is 22.2 Å². The largest absolute Gasteiger partial charge is 0.497 e. The quantitative estimate of drug-likeness (QED) is 0.399. The van der Waals surface area contributed by atoms with Gasteiger partial charge in [0.15, 0.2) is 0 Å². The van der Waals surface area contributed by atoms with Crippen molar-refractivity contribution >= 4 is 22.7 Å². The number of piperazine rings is 1. The van der Waals surface area contributed by atoms with Crippen LogP contribution in [0, 0.1) is 5.41 Å². The zero-order chi connectivity index (χ0) is 29.6. The van der Waals surface area contributed by atoms with Crippen molar-refractivity contribution in [2.45, 2.75) is 102 Å². The van der Waals surface area contributed by atoms with Gasteiger partial charge in [-0.15, -0.1) is 0 Å². The van der Waals surface area contributed by atoms with Gasteiger partial charge in [0.25, 0.3) is 0 Å². The summed E-state index contributed by atoms with van der Waals surface area (Å²) in [5.74, 6) is 1.38. The Balaban J connectivity index is 1.32. The van der Waals surface area contributed by atoms with E-state index in [-0.39, 0.29) is 18.0 Å². The molecule has 2 bridgehead atoms. The highest BCUT2D eigenvalue weighted by atomic mass is 16.5. The summed E-state index contributed by atoms with van der Waals surface area (Å²) in [7, 11) is 1.73. The first kappa shape index (κ1) is 27.2. The molecule has 2 saturated heterocycles. The number of hydrogen-bond acceptors (Lipinski definition) is 4. The Bertz CT molecular complexity index is 1620. The number of benzene rings is 2. The number of amides is 2. The maximum absolute atomic E-state index is 15.0. The van der Waals surface area contributed by atoms with E-state index in [4.69, 9.17) is 10.5 Å². The zero-order valence-electron chi connectivity index (χ0n) is 25.8. The molecule has 3 aromatic rings. The van der Waals surface area contributed by atoms with Crippen molar-refractivity contribution in [1.82, 2.24) is 14.4 Å². The number of rotatable bonds is 5. The second-order valence-corrected chi connectivity index (χ2v) is 14.3. The third-order valence-electron chi connectivity index (χ3n) is 11.7. The second-order valence-electron chi connectivity index (χ2n) is 14.3. The lowest BCUT2D eigenvalue weighted by Crippen LogP contribution is -2.59. The number of methoxy groups -OCH3 is 1. The molecule has 4 unspecified atom stereocenters. The number of carbonyl (C=O) groups is 2. The van der Waals surface area contributed by atoms with Crippen LogP contribution in [-0.2, 0) is 11.3 Å². The van der Waals surface area contributed by atoms with Crippen LogP contribution in [-0.4, -0.2) is 64.5 Å². The van der Waals surface area contributed by atoms with E-state index in [1.54, 1.807) is 7.11 Å². The van der Waals surface area contributed by atoms with Crippen molar-refractivity contribution in [3.8, 4) is 17.0 Å². The fourth-order valence-corrected chi connectivity index (χ4v) is 9.38. The van der Waals surface area contributed by atoms with Gasteiger partial charge in [-0.25, -0.2) is 0 Å². The SMILES string of the molecule is COc1ccc2c(c1)C1CC1(C(=O)N1C3CCC1CN(C(C)C)C3)Cn1c-2c(C2CCCCC2)c2ccc(C(N)=O)cc21. The van der Waals surface area contributed by atoms with E-state index in [0.29, 0.717) is 30.0 Å². The van der Waals surface area contributed by atoms with Crippen LogP contribution in [0.3, 0.4) is 0 Å². The van der Waals surface area contributed by atoms with Gasteiger partial charge in [-0.3, -0.25) is 14.5 Å². The Morgan fingerprint density at radius 3 is 2.40 bits per heavy atom. The molecule has 7 nitrogen and oxygen atoms in total. The molecule has 2 saturated carbocycles. The molecule has 5 aliphatic rings. The molecular weight excluding hydrogens is 536 g/mol. The topological polar surface area (TPSA) is 80.8 Å². The van der Waals surface area contributed by atoms with E-state index in [2.05, 4.69) is 52.5 Å². The van der Waals surface area contributed by atoms with Crippen LogP contribution >= 0.6 is 0 Å². The van der Waals surface area contributed by atoms with Crippen LogP contribution in [0.1, 0.15) is 98.5 Å². The van der Waals surface area contributed by atoms with E-state index < -0.39 is 11.3 Å². The third kappa shape index (κ3) is 4.03. The molecule has 2 N–H and O–H groups in total. The predicted octanol–water partition coefficient (Wildman–Crippen LogP) is 6.03. The van der Waals surface area contributed by atoms with Crippen molar-refractivity contribution in [2.24, 2.45) is 11.1 Å². The molecule has 2 amide bonds. The Kier molecular flexibility index (Phi) is 6.24. The summed E-state index contributed by atoms with van der Waals surface area (Å²) in [6.45, 7) is 7.11. The molecule has 3 aliphatic heterocycles. The minimum Gasteiger partial charge on any atom is -0.497 e. The normalized spacial score (nSPS) is 28.4. The number of nitrogens with zero attached hydrogens (tertiary/aromatic N) is 3. The highest BCUT2D eigenvalue weighted by Crippen LogP contribution is 2.66. The van der Waals surface area contributed by atoms with Crippen LogP contribution in [0.4, 0.5) is 0 Å². The average molecular weight is 581 g/mol. The maximum atomic E-state index is 15.0. The Labute approximate surface area is 254 Å². The van der Waals surface area contributed by atoms with Gasteiger partial charge in [-0.2, -0.15) is 0 Å². The molecule has 8 rings (SSSR count). The van der Waals surface area contributed by atoms with Crippen molar-refractivity contribution in [3.05, 3.63) is 53.1 Å². The number of hydrogen-bond donors (Lipinski definition) is 1. The molecule has 4 heterocycles. The van der Waals surface area contributed by atoms with E-state index >= 15 is 0 Å². The lowest BCUT2D eigenvalue weighted by Gasteiger charge is -2.44. The van der Waals surface area contributed by atoms with E-state index in [1.807, 2.05) is 12.1 Å². The lowest BCUT2D eigenvalue weighted by atomic mass is 9.81. The van der Waals surface area contributed by atoms with Gasteiger partial charge in [0.05, 0.1) is 18.2 Å². The Morgan fingerprint density at radius 2 is 1.72 bits per heavy atom. The number of carbonyl (C=O) groups excluding carboxylic acids is 2. The number of primary amides is 1. The molecule has 2 aliphatic carbocycles. The van der Waals surface area contributed by atoms with Crippen molar-refractivity contribution < 1.29 is 14.3 Å². The van der Waals surface area contributed by atoms with Crippen LogP contribution in [0.2, 0.25) is 0 Å². The second kappa shape index (κ2) is 9.85. The maximum Gasteiger partial charge on any atom is 0.248 e. The zero-order valence-corrected chi connectivity index (χ0v) is 25.8. The molecule has 4 atom stereocenters. The Hall–Kier alpha value is -3.32. The first-order valence-corrected chi connectivity index (χ1v) is 16.5. The third-order valence-corrected chi connectivity index (χ3v) is 11.7. The fourth-order valence-electron chi connectivity index (χ4n) is 9.38. The molecule has 2 aromatic carbocycles. The molecular formula is C36H44N4O3. The predicted molar refractivity (Wildman–Crippen MR) is 168 cm³/mol. The lowest BCUT2D eigenvalue weighted by molar-refractivity contribution is -0.144. The smallest absolute Gasteiger partial charge is 0.248 e. The molecule has 1 aromatic heterocycles.